The SMILES string of the molecule is COCCOc1ccc(NC(=O)C2CCNCC2)cc1. The molecule has 0 bridgehead atoms. The van der Waals surface area contributed by atoms with Crippen molar-refractivity contribution < 1.29 is 14.3 Å². The number of carbonyl (C=O) groups excluding carboxylic acids is 1. The Kier molecular flexibility index (Phi) is 5.83. The molecule has 0 unspecified atom stereocenters. The average molecular weight is 278 g/mol. The van der Waals surface area contributed by atoms with Gasteiger partial charge in [0, 0.05) is 18.7 Å². The summed E-state index contributed by atoms with van der Waals surface area (Å²) in [6.45, 7) is 2.93. The highest BCUT2D eigenvalue weighted by atomic mass is 16.5. The van der Waals surface area contributed by atoms with Crippen LogP contribution in [-0.4, -0.2) is 39.3 Å². The van der Waals surface area contributed by atoms with Gasteiger partial charge in [0.25, 0.3) is 0 Å². The van der Waals surface area contributed by atoms with Gasteiger partial charge in [0.2, 0.25) is 5.91 Å². The first-order valence-corrected chi connectivity index (χ1v) is 7.03. The molecule has 1 aliphatic heterocycles. The van der Waals surface area contributed by atoms with Crippen LogP contribution in [-0.2, 0) is 9.53 Å². The van der Waals surface area contributed by atoms with E-state index in [4.69, 9.17) is 9.47 Å². The Balaban J connectivity index is 1.81. The monoisotopic (exact) mass is 278 g/mol. The Bertz CT molecular complexity index is 414. The van der Waals surface area contributed by atoms with Crippen LogP contribution in [0.1, 0.15) is 12.8 Å². The second-order valence-corrected chi connectivity index (χ2v) is 4.88. The molecule has 0 aliphatic carbocycles. The summed E-state index contributed by atoms with van der Waals surface area (Å²) >= 11 is 0. The molecular weight excluding hydrogens is 256 g/mol. The number of nitrogens with one attached hydrogen (secondary N) is 2. The molecule has 0 aromatic heterocycles. The molecule has 1 aliphatic rings. The van der Waals surface area contributed by atoms with E-state index in [-0.39, 0.29) is 11.8 Å². The minimum absolute atomic E-state index is 0.111. The van der Waals surface area contributed by atoms with E-state index in [9.17, 15) is 4.79 Å². The zero-order valence-corrected chi connectivity index (χ0v) is 11.9. The second-order valence-electron chi connectivity index (χ2n) is 4.88. The van der Waals surface area contributed by atoms with Gasteiger partial charge in [0.15, 0.2) is 0 Å². The second kappa shape index (κ2) is 7.87. The molecule has 2 N–H and O–H groups in total. The molecule has 1 aromatic rings. The summed E-state index contributed by atoms with van der Waals surface area (Å²) in [5.41, 5.74) is 0.813. The number of piperidine rings is 1. The van der Waals surface area contributed by atoms with Gasteiger partial charge in [0.1, 0.15) is 12.4 Å². The molecule has 2 rings (SSSR count). The number of rotatable bonds is 6. The first kappa shape index (κ1) is 14.8. The van der Waals surface area contributed by atoms with Gasteiger partial charge < -0.3 is 20.1 Å². The molecule has 0 spiro atoms. The molecule has 110 valence electrons. The van der Waals surface area contributed by atoms with Gasteiger partial charge >= 0.3 is 0 Å². The Morgan fingerprint density at radius 1 is 1.25 bits per heavy atom. The maximum absolute atomic E-state index is 12.1. The van der Waals surface area contributed by atoms with E-state index in [0.29, 0.717) is 13.2 Å². The zero-order valence-electron chi connectivity index (χ0n) is 11.9. The number of hydrogen-bond donors (Lipinski definition) is 2. The van der Waals surface area contributed by atoms with Crippen LogP contribution in [0.15, 0.2) is 24.3 Å². The summed E-state index contributed by atoms with van der Waals surface area (Å²) in [4.78, 5) is 12.1. The van der Waals surface area contributed by atoms with Crippen LogP contribution in [0.2, 0.25) is 0 Å². The van der Waals surface area contributed by atoms with Crippen molar-refractivity contribution in [3.05, 3.63) is 24.3 Å². The molecule has 5 heteroatoms. The zero-order chi connectivity index (χ0) is 14.2. The quantitative estimate of drug-likeness (QED) is 0.777. The number of carbonyl (C=O) groups is 1. The molecule has 1 saturated heterocycles. The normalized spacial score (nSPS) is 15.8. The van der Waals surface area contributed by atoms with Gasteiger partial charge in [-0.3, -0.25) is 4.79 Å². The number of amides is 1. The summed E-state index contributed by atoms with van der Waals surface area (Å²) in [7, 11) is 1.64. The minimum Gasteiger partial charge on any atom is -0.491 e. The fraction of sp³-hybridized carbons (Fsp3) is 0.533. The third-order valence-corrected chi connectivity index (χ3v) is 3.39. The fourth-order valence-corrected chi connectivity index (χ4v) is 2.21. The summed E-state index contributed by atoms with van der Waals surface area (Å²) in [6.07, 6.45) is 1.81. The Morgan fingerprint density at radius 2 is 1.95 bits per heavy atom. The number of ether oxygens (including phenoxy) is 2. The first-order valence-electron chi connectivity index (χ1n) is 7.03. The van der Waals surface area contributed by atoms with E-state index in [0.717, 1.165) is 37.4 Å². The third kappa shape index (κ3) is 4.51. The van der Waals surface area contributed by atoms with Gasteiger partial charge in [-0.05, 0) is 50.2 Å². The topological polar surface area (TPSA) is 59.6 Å². The largest absolute Gasteiger partial charge is 0.491 e. The van der Waals surface area contributed by atoms with Crippen molar-refractivity contribution in [3.63, 3.8) is 0 Å². The van der Waals surface area contributed by atoms with Gasteiger partial charge in [-0.1, -0.05) is 0 Å². The van der Waals surface area contributed by atoms with Crippen LogP contribution in [0.4, 0.5) is 5.69 Å². The van der Waals surface area contributed by atoms with Gasteiger partial charge in [-0.2, -0.15) is 0 Å². The number of anilines is 1. The van der Waals surface area contributed by atoms with Crippen LogP contribution in [0.25, 0.3) is 0 Å². The molecule has 5 nitrogen and oxygen atoms in total. The van der Waals surface area contributed by atoms with Crippen LogP contribution in [0.3, 0.4) is 0 Å². The standard InChI is InChI=1S/C15H22N2O3/c1-19-10-11-20-14-4-2-13(3-5-14)17-15(18)12-6-8-16-9-7-12/h2-5,12,16H,6-11H2,1H3,(H,17,18). The molecule has 1 aromatic carbocycles. The summed E-state index contributed by atoms with van der Waals surface area (Å²) in [5, 5.41) is 6.22. The fourth-order valence-electron chi connectivity index (χ4n) is 2.21. The van der Waals surface area contributed by atoms with Gasteiger partial charge in [-0.15, -0.1) is 0 Å². The van der Waals surface area contributed by atoms with Crippen LogP contribution < -0.4 is 15.4 Å². The Labute approximate surface area is 119 Å². The van der Waals surface area contributed by atoms with Crippen molar-refractivity contribution in [2.45, 2.75) is 12.8 Å². The van der Waals surface area contributed by atoms with Crippen LogP contribution >= 0.6 is 0 Å². The minimum atomic E-state index is 0.111. The lowest BCUT2D eigenvalue weighted by Gasteiger charge is -2.21. The van der Waals surface area contributed by atoms with Crippen LogP contribution in [0, 0.1) is 5.92 Å². The van der Waals surface area contributed by atoms with Crippen molar-refractivity contribution >= 4 is 11.6 Å². The first-order chi connectivity index (χ1) is 9.79. The van der Waals surface area contributed by atoms with E-state index in [1.54, 1.807) is 7.11 Å². The molecule has 20 heavy (non-hydrogen) atoms. The van der Waals surface area contributed by atoms with Gasteiger partial charge in [0.05, 0.1) is 6.61 Å². The smallest absolute Gasteiger partial charge is 0.227 e. The number of benzene rings is 1. The van der Waals surface area contributed by atoms with E-state index >= 15 is 0 Å². The molecular formula is C15H22N2O3. The molecule has 1 amide bonds. The van der Waals surface area contributed by atoms with E-state index in [2.05, 4.69) is 10.6 Å². The highest BCUT2D eigenvalue weighted by Gasteiger charge is 2.20. The Morgan fingerprint density at radius 3 is 2.60 bits per heavy atom. The molecule has 0 saturated carbocycles. The van der Waals surface area contributed by atoms with Crippen molar-refractivity contribution in [2.24, 2.45) is 5.92 Å². The highest BCUT2D eigenvalue weighted by molar-refractivity contribution is 5.92. The lowest BCUT2D eigenvalue weighted by Crippen LogP contribution is -2.34. The Hall–Kier alpha value is -1.59. The molecule has 0 atom stereocenters. The number of hydrogen-bond acceptors (Lipinski definition) is 4. The summed E-state index contributed by atoms with van der Waals surface area (Å²) < 4.78 is 10.4. The lowest BCUT2D eigenvalue weighted by atomic mass is 9.97. The molecule has 1 fully saturated rings. The van der Waals surface area contributed by atoms with Crippen molar-refractivity contribution in [1.82, 2.24) is 5.32 Å². The van der Waals surface area contributed by atoms with E-state index in [1.807, 2.05) is 24.3 Å². The maximum Gasteiger partial charge on any atom is 0.227 e. The average Bonchev–Trinajstić information content (AvgIpc) is 2.50. The van der Waals surface area contributed by atoms with E-state index < -0.39 is 0 Å². The van der Waals surface area contributed by atoms with Crippen molar-refractivity contribution in [3.8, 4) is 5.75 Å². The third-order valence-electron chi connectivity index (χ3n) is 3.39. The molecule has 0 radical (unpaired) electrons. The summed E-state index contributed by atoms with van der Waals surface area (Å²) in [6, 6.07) is 7.43. The highest BCUT2D eigenvalue weighted by Crippen LogP contribution is 2.18. The maximum atomic E-state index is 12.1. The predicted molar refractivity (Wildman–Crippen MR) is 78.0 cm³/mol. The number of methoxy groups -OCH3 is 1. The predicted octanol–water partition coefficient (Wildman–Crippen LogP) is 1.65. The van der Waals surface area contributed by atoms with Crippen molar-refractivity contribution in [2.75, 3.05) is 38.7 Å². The summed E-state index contributed by atoms with van der Waals surface area (Å²) in [5.74, 6) is 1.01. The van der Waals surface area contributed by atoms with Crippen LogP contribution in [0.5, 0.6) is 5.75 Å². The van der Waals surface area contributed by atoms with Crippen molar-refractivity contribution in [1.29, 1.82) is 0 Å². The van der Waals surface area contributed by atoms with Gasteiger partial charge in [-0.25, -0.2) is 0 Å². The lowest BCUT2D eigenvalue weighted by molar-refractivity contribution is -0.120. The van der Waals surface area contributed by atoms with E-state index in [1.165, 1.54) is 0 Å². The molecule has 1 heterocycles.